The predicted molar refractivity (Wildman–Crippen MR) is 105 cm³/mol. The van der Waals surface area contributed by atoms with E-state index in [2.05, 4.69) is 0 Å². The summed E-state index contributed by atoms with van der Waals surface area (Å²) in [6, 6.07) is 29.9. The highest BCUT2D eigenvalue weighted by atomic mass is 16.3. The molecule has 1 amide bonds. The number of fused-ring (bicyclic) bond motifs is 1. The Morgan fingerprint density at radius 1 is 0.654 bits per heavy atom. The van der Waals surface area contributed by atoms with E-state index in [9.17, 15) is 9.90 Å². The van der Waals surface area contributed by atoms with Crippen molar-refractivity contribution in [1.29, 1.82) is 0 Å². The molecule has 0 aliphatic heterocycles. The van der Waals surface area contributed by atoms with Crippen LogP contribution in [-0.4, -0.2) is 11.0 Å². The highest BCUT2D eigenvalue weighted by molar-refractivity contribution is 6.14. The van der Waals surface area contributed by atoms with Gasteiger partial charge >= 0.3 is 0 Å². The van der Waals surface area contributed by atoms with Crippen LogP contribution in [0.3, 0.4) is 0 Å². The molecule has 0 aliphatic carbocycles. The van der Waals surface area contributed by atoms with Crippen molar-refractivity contribution in [2.24, 2.45) is 0 Å². The lowest BCUT2D eigenvalue weighted by atomic mass is 10.0. The molecule has 0 spiro atoms. The van der Waals surface area contributed by atoms with Gasteiger partial charge in [-0.15, -0.1) is 0 Å². The second kappa shape index (κ2) is 6.73. The maximum atomic E-state index is 13.4. The van der Waals surface area contributed by atoms with Crippen molar-refractivity contribution in [3.63, 3.8) is 0 Å². The number of benzene rings is 4. The topological polar surface area (TPSA) is 40.5 Å². The molecular formula is C23H17NO2. The first kappa shape index (κ1) is 15.9. The maximum absolute atomic E-state index is 13.4. The average molecular weight is 339 g/mol. The van der Waals surface area contributed by atoms with Crippen LogP contribution < -0.4 is 4.90 Å². The van der Waals surface area contributed by atoms with Gasteiger partial charge in [-0.2, -0.15) is 0 Å². The van der Waals surface area contributed by atoms with Gasteiger partial charge in [-0.05, 0) is 35.7 Å². The van der Waals surface area contributed by atoms with Gasteiger partial charge in [0.15, 0.2) is 0 Å². The lowest BCUT2D eigenvalue weighted by Gasteiger charge is -2.23. The summed E-state index contributed by atoms with van der Waals surface area (Å²) in [4.78, 5) is 15.0. The zero-order chi connectivity index (χ0) is 17.9. The zero-order valence-corrected chi connectivity index (χ0v) is 14.0. The molecule has 0 saturated heterocycles. The summed E-state index contributed by atoms with van der Waals surface area (Å²) in [6.07, 6.45) is 0. The summed E-state index contributed by atoms with van der Waals surface area (Å²) in [5.74, 6) is -0.268. The van der Waals surface area contributed by atoms with E-state index >= 15 is 0 Å². The number of aromatic hydroxyl groups is 1. The Morgan fingerprint density at radius 3 is 1.81 bits per heavy atom. The first-order valence-corrected chi connectivity index (χ1v) is 8.41. The standard InChI is InChI=1S/C23H17NO2/c25-22-20-14-8-7-9-17(20)15-16-21(22)23(26)24(18-10-3-1-4-11-18)19-12-5-2-6-13-19/h1-16,25H. The van der Waals surface area contributed by atoms with Crippen LogP contribution >= 0.6 is 0 Å². The number of anilines is 2. The van der Waals surface area contributed by atoms with Gasteiger partial charge < -0.3 is 5.11 Å². The van der Waals surface area contributed by atoms with Crippen molar-refractivity contribution in [3.8, 4) is 5.75 Å². The van der Waals surface area contributed by atoms with Crippen molar-refractivity contribution in [3.05, 3.63) is 103 Å². The van der Waals surface area contributed by atoms with E-state index in [0.717, 1.165) is 16.8 Å². The van der Waals surface area contributed by atoms with E-state index in [-0.39, 0.29) is 17.2 Å². The molecule has 0 aliphatic rings. The Morgan fingerprint density at radius 2 is 1.19 bits per heavy atom. The number of carbonyl (C=O) groups excluding carboxylic acids is 1. The lowest BCUT2D eigenvalue weighted by Crippen LogP contribution is -2.26. The number of nitrogens with zero attached hydrogens (tertiary/aromatic N) is 1. The summed E-state index contributed by atoms with van der Waals surface area (Å²) in [6.45, 7) is 0. The van der Waals surface area contributed by atoms with Crippen molar-refractivity contribution >= 4 is 28.1 Å². The number of rotatable bonds is 3. The summed E-state index contributed by atoms with van der Waals surface area (Å²) >= 11 is 0. The molecule has 4 rings (SSSR count). The Hall–Kier alpha value is -3.59. The maximum Gasteiger partial charge on any atom is 0.266 e. The minimum absolute atomic E-state index is 0.00459. The summed E-state index contributed by atoms with van der Waals surface area (Å²) in [5, 5.41) is 12.3. The van der Waals surface area contributed by atoms with Gasteiger partial charge in [0.1, 0.15) is 5.75 Å². The van der Waals surface area contributed by atoms with E-state index in [4.69, 9.17) is 0 Å². The molecule has 0 aromatic heterocycles. The highest BCUT2D eigenvalue weighted by Gasteiger charge is 2.23. The monoisotopic (exact) mass is 339 g/mol. The zero-order valence-electron chi connectivity index (χ0n) is 14.0. The molecule has 26 heavy (non-hydrogen) atoms. The number of hydrogen-bond acceptors (Lipinski definition) is 2. The van der Waals surface area contributed by atoms with Gasteiger partial charge in [0.05, 0.1) is 5.56 Å². The molecule has 0 radical (unpaired) electrons. The van der Waals surface area contributed by atoms with E-state index in [1.165, 1.54) is 0 Å². The Balaban J connectivity index is 1.87. The minimum atomic E-state index is -0.273. The minimum Gasteiger partial charge on any atom is -0.506 e. The SMILES string of the molecule is O=C(c1ccc2ccccc2c1O)N(c1ccccc1)c1ccccc1. The number of para-hydroxylation sites is 2. The molecule has 0 heterocycles. The fourth-order valence-corrected chi connectivity index (χ4v) is 3.09. The third-order valence-corrected chi connectivity index (χ3v) is 4.36. The van der Waals surface area contributed by atoms with Crippen LogP contribution in [0.5, 0.6) is 5.75 Å². The van der Waals surface area contributed by atoms with Gasteiger partial charge in [-0.25, -0.2) is 0 Å². The molecule has 1 N–H and O–H groups in total. The summed E-state index contributed by atoms with van der Waals surface area (Å²) in [7, 11) is 0. The predicted octanol–water partition coefficient (Wildman–Crippen LogP) is 5.52. The molecule has 4 aromatic rings. The normalized spacial score (nSPS) is 10.6. The molecule has 3 heteroatoms. The molecule has 126 valence electrons. The summed E-state index contributed by atoms with van der Waals surface area (Å²) < 4.78 is 0. The van der Waals surface area contributed by atoms with Crippen molar-refractivity contribution < 1.29 is 9.90 Å². The van der Waals surface area contributed by atoms with Gasteiger partial charge in [0.2, 0.25) is 0 Å². The Bertz CT molecular complexity index is 1020. The third-order valence-electron chi connectivity index (χ3n) is 4.36. The van der Waals surface area contributed by atoms with Crippen LogP contribution in [0.4, 0.5) is 11.4 Å². The van der Waals surface area contributed by atoms with Crippen molar-refractivity contribution in [1.82, 2.24) is 0 Å². The Labute approximate surface area is 151 Å². The van der Waals surface area contributed by atoms with E-state index in [1.54, 1.807) is 11.0 Å². The van der Waals surface area contributed by atoms with Crippen LogP contribution in [0, 0.1) is 0 Å². The molecular weight excluding hydrogens is 322 g/mol. The third kappa shape index (κ3) is 2.80. The van der Waals surface area contributed by atoms with Gasteiger partial charge in [0, 0.05) is 16.8 Å². The fourth-order valence-electron chi connectivity index (χ4n) is 3.09. The molecule has 3 nitrogen and oxygen atoms in total. The second-order valence-electron chi connectivity index (χ2n) is 5.99. The van der Waals surface area contributed by atoms with Crippen LogP contribution in [-0.2, 0) is 0 Å². The number of hydrogen-bond donors (Lipinski definition) is 1. The van der Waals surface area contributed by atoms with Crippen LogP contribution in [0.1, 0.15) is 10.4 Å². The molecule has 4 aromatic carbocycles. The summed E-state index contributed by atoms with van der Waals surface area (Å²) in [5.41, 5.74) is 1.77. The first-order valence-electron chi connectivity index (χ1n) is 8.41. The second-order valence-corrected chi connectivity index (χ2v) is 5.99. The van der Waals surface area contributed by atoms with Crippen LogP contribution in [0.25, 0.3) is 10.8 Å². The lowest BCUT2D eigenvalue weighted by molar-refractivity contribution is 0.0997. The first-order chi connectivity index (χ1) is 12.8. The highest BCUT2D eigenvalue weighted by Crippen LogP contribution is 2.33. The smallest absolute Gasteiger partial charge is 0.266 e. The van der Waals surface area contributed by atoms with Gasteiger partial charge in [-0.3, -0.25) is 9.69 Å². The molecule has 0 saturated carbocycles. The van der Waals surface area contributed by atoms with E-state index in [0.29, 0.717) is 5.39 Å². The largest absolute Gasteiger partial charge is 0.506 e. The quantitative estimate of drug-likeness (QED) is 0.533. The molecule has 0 unspecified atom stereocenters. The number of amides is 1. The number of phenols is 1. The van der Waals surface area contributed by atoms with Crippen LogP contribution in [0.15, 0.2) is 97.1 Å². The van der Waals surface area contributed by atoms with Crippen molar-refractivity contribution in [2.75, 3.05) is 4.90 Å². The van der Waals surface area contributed by atoms with Crippen molar-refractivity contribution in [2.45, 2.75) is 0 Å². The van der Waals surface area contributed by atoms with Gasteiger partial charge in [-0.1, -0.05) is 66.7 Å². The van der Waals surface area contributed by atoms with Gasteiger partial charge in [0.25, 0.3) is 5.91 Å². The van der Waals surface area contributed by atoms with E-state index < -0.39 is 0 Å². The Kier molecular flexibility index (Phi) is 4.12. The van der Waals surface area contributed by atoms with E-state index in [1.807, 2.05) is 91.0 Å². The van der Waals surface area contributed by atoms with Crippen LogP contribution in [0.2, 0.25) is 0 Å². The fraction of sp³-hybridized carbons (Fsp3) is 0. The number of phenolic OH excluding ortho intramolecular Hbond substituents is 1. The molecule has 0 fully saturated rings. The average Bonchev–Trinajstić information content (AvgIpc) is 2.70. The molecule has 0 bridgehead atoms. The number of carbonyl (C=O) groups is 1. The molecule has 0 atom stereocenters.